The topological polar surface area (TPSA) is 88.1 Å². The molecule has 0 radical (unpaired) electrons. The van der Waals surface area contributed by atoms with E-state index in [2.05, 4.69) is 20.5 Å². The van der Waals surface area contributed by atoms with Crippen molar-refractivity contribution in [3.8, 4) is 40.2 Å². The van der Waals surface area contributed by atoms with Gasteiger partial charge in [0.1, 0.15) is 11.5 Å². The molecule has 0 unspecified atom stereocenters. The largest absolute Gasteiger partial charge is 0.497 e. The molecule has 0 aliphatic heterocycles. The highest BCUT2D eigenvalue weighted by atomic mass is 35.5. The molecule has 0 saturated carbocycles. The Bertz CT molecular complexity index is 1090. The Morgan fingerprint density at radius 1 is 1.07 bits per heavy atom. The van der Waals surface area contributed by atoms with E-state index in [0.717, 1.165) is 5.69 Å². The molecule has 0 spiro atoms. The lowest BCUT2D eigenvalue weighted by molar-refractivity contribution is 0.391. The third-order valence-corrected chi connectivity index (χ3v) is 4.10. The average molecular weight is 384 g/mol. The molecule has 8 nitrogen and oxygen atoms in total. The summed E-state index contributed by atoms with van der Waals surface area (Å²) in [7, 11) is 3.15. The van der Waals surface area contributed by atoms with Crippen LogP contribution in [0, 0.1) is 0 Å². The van der Waals surface area contributed by atoms with Crippen molar-refractivity contribution in [1.82, 2.24) is 25.1 Å². The molecule has 136 valence electrons. The Hall–Kier alpha value is -3.39. The molecule has 0 bridgehead atoms. The fourth-order valence-electron chi connectivity index (χ4n) is 2.52. The summed E-state index contributed by atoms with van der Waals surface area (Å²) in [6.07, 6.45) is 1.70. The van der Waals surface area contributed by atoms with Crippen LogP contribution in [0.5, 0.6) is 11.5 Å². The Morgan fingerprint density at radius 2 is 1.96 bits per heavy atom. The molecular weight excluding hydrogens is 370 g/mol. The number of hydrogen-bond donors (Lipinski definition) is 0. The predicted octanol–water partition coefficient (Wildman–Crippen LogP) is 3.65. The zero-order valence-electron chi connectivity index (χ0n) is 14.5. The minimum absolute atomic E-state index is 0.307. The molecule has 0 N–H and O–H groups in total. The summed E-state index contributed by atoms with van der Waals surface area (Å²) >= 11 is 6.02. The quantitative estimate of drug-likeness (QED) is 0.519. The van der Waals surface area contributed by atoms with E-state index in [-0.39, 0.29) is 0 Å². The van der Waals surface area contributed by atoms with E-state index in [9.17, 15) is 0 Å². The predicted molar refractivity (Wildman–Crippen MR) is 98.2 cm³/mol. The molecule has 2 aromatic carbocycles. The van der Waals surface area contributed by atoms with Gasteiger partial charge >= 0.3 is 0 Å². The maximum Gasteiger partial charge on any atom is 0.262 e. The van der Waals surface area contributed by atoms with E-state index in [1.165, 1.54) is 0 Å². The SMILES string of the molecule is COc1ccc(-c2nc(-c3cn(-c4cccc(Cl)c4)nn3)no2)c(OC)c1. The smallest absolute Gasteiger partial charge is 0.262 e. The Morgan fingerprint density at radius 3 is 2.74 bits per heavy atom. The fourth-order valence-corrected chi connectivity index (χ4v) is 2.71. The first kappa shape index (κ1) is 17.0. The van der Waals surface area contributed by atoms with E-state index in [1.54, 1.807) is 55.4 Å². The summed E-state index contributed by atoms with van der Waals surface area (Å²) in [5.74, 6) is 1.85. The Kier molecular flexibility index (Phi) is 4.47. The third-order valence-electron chi connectivity index (χ3n) is 3.86. The second kappa shape index (κ2) is 7.08. The van der Waals surface area contributed by atoms with Crippen LogP contribution in [-0.4, -0.2) is 39.4 Å². The molecule has 4 rings (SSSR count). The first-order chi connectivity index (χ1) is 13.2. The lowest BCUT2D eigenvalue weighted by Gasteiger charge is -2.06. The number of nitrogens with zero attached hydrogens (tertiary/aromatic N) is 5. The van der Waals surface area contributed by atoms with E-state index < -0.39 is 0 Å². The van der Waals surface area contributed by atoms with E-state index >= 15 is 0 Å². The van der Waals surface area contributed by atoms with Crippen LogP contribution in [0.15, 0.2) is 53.2 Å². The third kappa shape index (κ3) is 3.34. The number of halogens is 1. The molecule has 2 heterocycles. The second-order valence-corrected chi connectivity index (χ2v) is 5.95. The van der Waals surface area contributed by atoms with Gasteiger partial charge in [-0.3, -0.25) is 0 Å². The molecule has 0 atom stereocenters. The van der Waals surface area contributed by atoms with Crippen molar-refractivity contribution >= 4 is 11.6 Å². The van der Waals surface area contributed by atoms with Crippen molar-refractivity contribution in [2.75, 3.05) is 14.2 Å². The summed E-state index contributed by atoms with van der Waals surface area (Å²) in [5.41, 5.74) is 1.90. The molecule has 0 aliphatic carbocycles. The molecular formula is C18H14ClN5O3. The van der Waals surface area contributed by atoms with Crippen molar-refractivity contribution in [2.45, 2.75) is 0 Å². The Labute approximate surface area is 159 Å². The highest BCUT2D eigenvalue weighted by Gasteiger charge is 2.17. The minimum atomic E-state index is 0.307. The van der Waals surface area contributed by atoms with Gasteiger partial charge in [0, 0.05) is 11.1 Å². The monoisotopic (exact) mass is 383 g/mol. The van der Waals surface area contributed by atoms with Crippen LogP contribution >= 0.6 is 11.6 Å². The molecule has 0 aliphatic rings. The molecule has 0 amide bonds. The van der Waals surface area contributed by atoms with Crippen LogP contribution in [0.2, 0.25) is 5.02 Å². The summed E-state index contributed by atoms with van der Waals surface area (Å²) < 4.78 is 17.5. The van der Waals surface area contributed by atoms with Crippen LogP contribution in [0.4, 0.5) is 0 Å². The van der Waals surface area contributed by atoms with Crippen molar-refractivity contribution < 1.29 is 14.0 Å². The first-order valence-corrected chi connectivity index (χ1v) is 8.30. The maximum atomic E-state index is 6.02. The number of benzene rings is 2. The normalized spacial score (nSPS) is 10.8. The van der Waals surface area contributed by atoms with Gasteiger partial charge in [-0.15, -0.1) is 5.10 Å². The van der Waals surface area contributed by atoms with Gasteiger partial charge in [-0.2, -0.15) is 4.98 Å². The number of rotatable bonds is 5. The van der Waals surface area contributed by atoms with E-state index in [1.807, 2.05) is 12.1 Å². The Balaban J connectivity index is 1.66. The number of aromatic nitrogens is 5. The minimum Gasteiger partial charge on any atom is -0.497 e. The fraction of sp³-hybridized carbons (Fsp3) is 0.111. The molecule has 2 aromatic heterocycles. The lowest BCUT2D eigenvalue weighted by Crippen LogP contribution is -1.93. The number of hydrogen-bond acceptors (Lipinski definition) is 7. The van der Waals surface area contributed by atoms with Crippen molar-refractivity contribution in [1.29, 1.82) is 0 Å². The second-order valence-electron chi connectivity index (χ2n) is 5.52. The van der Waals surface area contributed by atoms with Crippen LogP contribution in [-0.2, 0) is 0 Å². The maximum absolute atomic E-state index is 6.02. The van der Waals surface area contributed by atoms with Crippen molar-refractivity contribution in [3.63, 3.8) is 0 Å². The summed E-state index contributed by atoms with van der Waals surface area (Å²) in [6.45, 7) is 0. The van der Waals surface area contributed by atoms with Crippen LogP contribution in [0.3, 0.4) is 0 Å². The van der Waals surface area contributed by atoms with Gasteiger partial charge in [-0.05, 0) is 30.3 Å². The summed E-state index contributed by atoms with van der Waals surface area (Å²) in [5, 5.41) is 12.8. The van der Waals surface area contributed by atoms with Crippen molar-refractivity contribution in [3.05, 3.63) is 53.7 Å². The molecule has 4 aromatic rings. The van der Waals surface area contributed by atoms with Crippen LogP contribution in [0.1, 0.15) is 0 Å². The van der Waals surface area contributed by atoms with Gasteiger partial charge in [0.15, 0.2) is 5.69 Å². The van der Waals surface area contributed by atoms with Crippen LogP contribution in [0.25, 0.3) is 28.7 Å². The molecule has 9 heteroatoms. The van der Waals surface area contributed by atoms with Gasteiger partial charge in [0.2, 0.25) is 5.82 Å². The average Bonchev–Trinajstić information content (AvgIpc) is 3.37. The van der Waals surface area contributed by atoms with Gasteiger partial charge in [0.05, 0.1) is 31.7 Å². The van der Waals surface area contributed by atoms with Crippen LogP contribution < -0.4 is 9.47 Å². The van der Waals surface area contributed by atoms with Gasteiger partial charge in [0.25, 0.3) is 5.89 Å². The van der Waals surface area contributed by atoms with Gasteiger partial charge in [-0.1, -0.05) is 28.0 Å². The molecule has 0 saturated heterocycles. The van der Waals surface area contributed by atoms with E-state index in [4.69, 9.17) is 25.6 Å². The van der Waals surface area contributed by atoms with Gasteiger partial charge in [-0.25, -0.2) is 4.68 Å². The van der Waals surface area contributed by atoms with E-state index in [0.29, 0.717) is 39.5 Å². The van der Waals surface area contributed by atoms with Crippen molar-refractivity contribution in [2.24, 2.45) is 0 Å². The molecule has 27 heavy (non-hydrogen) atoms. The zero-order chi connectivity index (χ0) is 18.8. The molecule has 0 fully saturated rings. The summed E-state index contributed by atoms with van der Waals surface area (Å²) in [6, 6.07) is 12.6. The zero-order valence-corrected chi connectivity index (χ0v) is 15.2. The lowest BCUT2D eigenvalue weighted by atomic mass is 10.2. The highest BCUT2D eigenvalue weighted by Crippen LogP contribution is 2.33. The summed E-state index contributed by atoms with van der Waals surface area (Å²) in [4.78, 5) is 4.40. The number of ether oxygens (including phenoxy) is 2. The number of methoxy groups -OCH3 is 2. The first-order valence-electron chi connectivity index (χ1n) is 7.92. The van der Waals surface area contributed by atoms with Gasteiger partial charge < -0.3 is 14.0 Å². The highest BCUT2D eigenvalue weighted by molar-refractivity contribution is 6.30. The standard InChI is InChI=1S/C18H14ClN5O3/c1-25-13-6-7-14(16(9-13)26-2)18-20-17(22-27-18)15-10-24(23-21-15)12-5-3-4-11(19)8-12/h3-10H,1-2H3.